The minimum absolute atomic E-state index is 0.0319. The number of hydrogen-bond acceptors (Lipinski definition) is 7. The summed E-state index contributed by atoms with van der Waals surface area (Å²) in [6.07, 6.45) is -7.16. The third-order valence-corrected chi connectivity index (χ3v) is 7.11. The SMILES string of the molecule is Cc1c(Cl)cc(C(C)N(F)c2nc(F)nc3nc[nH]c23)c(-c2ccccc2)c1N1CCC(OC(=O)C(F)(F)F)C1=O. The van der Waals surface area contributed by atoms with Crippen LogP contribution in [0, 0.1) is 13.0 Å². The summed E-state index contributed by atoms with van der Waals surface area (Å²) in [5.41, 5.74) is 1.64. The van der Waals surface area contributed by atoms with Crippen LogP contribution in [-0.4, -0.2) is 50.6 Å². The molecule has 15 heteroatoms. The first-order valence-corrected chi connectivity index (χ1v) is 12.6. The van der Waals surface area contributed by atoms with E-state index in [4.69, 9.17) is 11.6 Å². The zero-order valence-corrected chi connectivity index (χ0v) is 22.1. The van der Waals surface area contributed by atoms with Gasteiger partial charge in [-0.2, -0.15) is 32.7 Å². The standard InChI is InChI=1S/C26H20ClF5N6O3/c1-12-16(27)10-15(13(2)38(32)22-19-21(34-11-33-19)35-25(28)36-22)18(14-6-4-3-5-7-14)20(12)37-9-8-17(23(37)39)41-24(40)26(29,30)31/h3-7,10-11,13,17H,8-9H2,1-2H3,(H,33,34,35,36). The van der Waals surface area contributed by atoms with Crippen LogP contribution in [0.25, 0.3) is 22.3 Å². The fourth-order valence-electron chi connectivity index (χ4n) is 4.76. The number of rotatable bonds is 6. The molecule has 1 N–H and O–H groups in total. The van der Waals surface area contributed by atoms with Gasteiger partial charge in [-0.05, 0) is 36.6 Å². The highest BCUT2D eigenvalue weighted by atomic mass is 35.5. The van der Waals surface area contributed by atoms with Gasteiger partial charge in [0.05, 0.1) is 18.1 Å². The van der Waals surface area contributed by atoms with Gasteiger partial charge < -0.3 is 14.6 Å². The molecule has 1 aliphatic rings. The summed E-state index contributed by atoms with van der Waals surface area (Å²) < 4.78 is 73.1. The van der Waals surface area contributed by atoms with Crippen LogP contribution in [0.5, 0.6) is 0 Å². The highest BCUT2D eigenvalue weighted by molar-refractivity contribution is 6.32. The number of nitrogens with zero attached hydrogens (tertiary/aromatic N) is 5. The van der Waals surface area contributed by atoms with Crippen molar-refractivity contribution in [3.63, 3.8) is 0 Å². The van der Waals surface area contributed by atoms with Gasteiger partial charge in [0.15, 0.2) is 17.6 Å². The summed E-state index contributed by atoms with van der Waals surface area (Å²) in [5.74, 6) is -3.81. The smallest absolute Gasteiger partial charge is 0.446 e. The molecule has 2 unspecified atom stereocenters. The van der Waals surface area contributed by atoms with Crippen molar-refractivity contribution >= 4 is 46.1 Å². The molecule has 1 aliphatic heterocycles. The fraction of sp³-hybridized carbons (Fsp3) is 0.269. The topological polar surface area (TPSA) is 104 Å². The Kier molecular flexibility index (Phi) is 7.28. The van der Waals surface area contributed by atoms with E-state index in [2.05, 4.69) is 24.7 Å². The first-order valence-electron chi connectivity index (χ1n) is 12.2. The summed E-state index contributed by atoms with van der Waals surface area (Å²) in [7, 11) is 0. The van der Waals surface area contributed by atoms with Crippen molar-refractivity contribution in [2.45, 2.75) is 38.6 Å². The zero-order valence-electron chi connectivity index (χ0n) is 21.3. The number of benzene rings is 2. The summed E-state index contributed by atoms with van der Waals surface area (Å²) in [5, 5.41) is 0.321. The number of amides is 1. The molecular formula is C26H20ClF5N6O3. The lowest BCUT2D eigenvalue weighted by Crippen LogP contribution is -2.36. The number of alkyl halides is 3. The first kappa shape index (κ1) is 28.2. The van der Waals surface area contributed by atoms with Gasteiger partial charge in [0.1, 0.15) is 5.52 Å². The summed E-state index contributed by atoms with van der Waals surface area (Å²) in [4.78, 5) is 39.6. The number of nitrogens with one attached hydrogen (secondary N) is 1. The lowest BCUT2D eigenvalue weighted by molar-refractivity contribution is -0.204. The minimum Gasteiger partial charge on any atom is -0.446 e. The monoisotopic (exact) mass is 594 g/mol. The van der Waals surface area contributed by atoms with Crippen LogP contribution >= 0.6 is 11.6 Å². The van der Waals surface area contributed by atoms with E-state index in [9.17, 15) is 27.2 Å². The molecule has 4 aromatic rings. The van der Waals surface area contributed by atoms with Gasteiger partial charge in [0.25, 0.3) is 5.91 Å². The number of carbonyl (C=O) groups excluding carboxylic acids is 2. The predicted octanol–water partition coefficient (Wildman–Crippen LogP) is 5.78. The van der Waals surface area contributed by atoms with Crippen LogP contribution in [0.3, 0.4) is 0 Å². The Hall–Kier alpha value is -4.33. The number of esters is 1. The number of anilines is 2. The summed E-state index contributed by atoms with van der Waals surface area (Å²) >= 11 is 6.57. The molecule has 1 saturated heterocycles. The molecule has 2 aromatic carbocycles. The number of halogens is 6. The van der Waals surface area contributed by atoms with E-state index in [1.54, 1.807) is 37.3 Å². The summed E-state index contributed by atoms with van der Waals surface area (Å²) in [6.45, 7) is 2.95. The third kappa shape index (κ3) is 5.14. The molecule has 214 valence electrons. The van der Waals surface area contributed by atoms with E-state index in [1.165, 1.54) is 24.2 Å². The van der Waals surface area contributed by atoms with Crippen LogP contribution in [0.2, 0.25) is 5.02 Å². The maximum Gasteiger partial charge on any atom is 0.490 e. The number of hydrogen-bond donors (Lipinski definition) is 1. The molecule has 0 spiro atoms. The van der Waals surface area contributed by atoms with Crippen molar-refractivity contribution in [2.75, 3.05) is 16.6 Å². The van der Waals surface area contributed by atoms with Crippen LogP contribution in [0.15, 0.2) is 42.7 Å². The summed E-state index contributed by atoms with van der Waals surface area (Å²) in [6, 6.07) is 8.84. The zero-order chi connectivity index (χ0) is 29.6. The maximum absolute atomic E-state index is 16.1. The highest BCUT2D eigenvalue weighted by Gasteiger charge is 2.46. The lowest BCUT2D eigenvalue weighted by atomic mass is 9.90. The van der Waals surface area contributed by atoms with Gasteiger partial charge in [-0.3, -0.25) is 4.79 Å². The van der Waals surface area contributed by atoms with E-state index in [1.807, 2.05) is 0 Å². The molecule has 0 bridgehead atoms. The molecule has 2 atom stereocenters. The lowest BCUT2D eigenvalue weighted by Gasteiger charge is -2.30. The quantitative estimate of drug-likeness (QED) is 0.131. The predicted molar refractivity (Wildman–Crippen MR) is 138 cm³/mol. The van der Waals surface area contributed by atoms with Gasteiger partial charge in [-0.15, -0.1) is 0 Å². The number of aromatic amines is 1. The van der Waals surface area contributed by atoms with Crippen molar-refractivity contribution in [1.82, 2.24) is 19.9 Å². The second-order valence-electron chi connectivity index (χ2n) is 9.24. The number of fused-ring (bicyclic) bond motifs is 1. The highest BCUT2D eigenvalue weighted by Crippen LogP contribution is 2.46. The van der Waals surface area contributed by atoms with Crippen LogP contribution in [0.1, 0.15) is 30.5 Å². The van der Waals surface area contributed by atoms with Crippen molar-refractivity contribution in [3.8, 4) is 11.1 Å². The number of H-pyrrole nitrogens is 1. The largest absolute Gasteiger partial charge is 0.490 e. The third-order valence-electron chi connectivity index (χ3n) is 6.72. The van der Waals surface area contributed by atoms with Crippen LogP contribution in [0.4, 0.5) is 33.5 Å². The van der Waals surface area contributed by atoms with Gasteiger partial charge in [0.2, 0.25) is 0 Å². The normalized spacial score (nSPS) is 16.3. The Morgan fingerprint density at radius 1 is 1.24 bits per heavy atom. The number of imidazole rings is 1. The molecule has 5 rings (SSSR count). The Labute approximate surface area is 233 Å². The van der Waals surface area contributed by atoms with E-state index in [0.717, 1.165) is 0 Å². The molecule has 1 fully saturated rings. The molecule has 9 nitrogen and oxygen atoms in total. The Morgan fingerprint density at radius 3 is 2.63 bits per heavy atom. The fourth-order valence-corrected chi connectivity index (χ4v) is 4.97. The van der Waals surface area contributed by atoms with Crippen molar-refractivity contribution in [3.05, 3.63) is 65.0 Å². The van der Waals surface area contributed by atoms with E-state index in [0.29, 0.717) is 16.7 Å². The van der Waals surface area contributed by atoms with E-state index >= 15 is 4.48 Å². The van der Waals surface area contributed by atoms with Crippen molar-refractivity contribution in [1.29, 1.82) is 0 Å². The molecule has 41 heavy (non-hydrogen) atoms. The second kappa shape index (κ2) is 10.6. The maximum atomic E-state index is 16.1. The molecule has 2 aromatic heterocycles. The average molecular weight is 595 g/mol. The van der Waals surface area contributed by atoms with Crippen LogP contribution < -0.4 is 10.0 Å². The molecule has 1 amide bonds. The molecule has 3 heterocycles. The van der Waals surface area contributed by atoms with Gasteiger partial charge in [-0.25, -0.2) is 9.78 Å². The van der Waals surface area contributed by atoms with Crippen molar-refractivity contribution < 1.29 is 36.4 Å². The second-order valence-corrected chi connectivity index (χ2v) is 9.64. The first-order chi connectivity index (χ1) is 19.4. The van der Waals surface area contributed by atoms with E-state index < -0.39 is 42.1 Å². The van der Waals surface area contributed by atoms with Gasteiger partial charge >= 0.3 is 18.2 Å². The van der Waals surface area contributed by atoms with Crippen molar-refractivity contribution in [2.24, 2.45) is 0 Å². The van der Waals surface area contributed by atoms with Gasteiger partial charge in [-0.1, -0.05) is 46.4 Å². The average Bonchev–Trinajstić information content (AvgIpc) is 3.55. The number of ether oxygens (including phenoxy) is 1. The molecule has 0 saturated carbocycles. The van der Waals surface area contributed by atoms with Crippen LogP contribution in [-0.2, 0) is 14.3 Å². The Bertz CT molecular complexity index is 1650. The molecular weight excluding hydrogens is 575 g/mol. The number of aromatic nitrogens is 4. The molecule has 0 aliphatic carbocycles. The number of carbonyl (C=O) groups is 2. The van der Waals surface area contributed by atoms with E-state index in [-0.39, 0.29) is 45.5 Å². The Morgan fingerprint density at radius 2 is 1.95 bits per heavy atom. The Balaban J connectivity index is 1.64. The van der Waals surface area contributed by atoms with Gasteiger partial charge in [0, 0.05) is 23.6 Å². The molecule has 0 radical (unpaired) electrons. The minimum atomic E-state index is -5.28.